The first-order chi connectivity index (χ1) is 13.2. The first-order valence-electron chi connectivity index (χ1n) is 8.54. The van der Waals surface area contributed by atoms with E-state index in [2.05, 4.69) is 15.6 Å². The number of carbonyl (C=O) groups is 1. The molecule has 27 heavy (non-hydrogen) atoms. The van der Waals surface area contributed by atoms with Crippen LogP contribution in [0.1, 0.15) is 15.9 Å². The second-order valence-corrected chi connectivity index (χ2v) is 5.88. The predicted molar refractivity (Wildman–Crippen MR) is 103 cm³/mol. The van der Waals surface area contributed by atoms with E-state index in [1.165, 1.54) is 6.07 Å². The molecule has 2 aromatic carbocycles. The van der Waals surface area contributed by atoms with Gasteiger partial charge in [-0.1, -0.05) is 24.3 Å². The van der Waals surface area contributed by atoms with Crippen LogP contribution in [0.5, 0.6) is 5.75 Å². The lowest BCUT2D eigenvalue weighted by molar-refractivity contribution is 0.0954. The first-order valence-corrected chi connectivity index (χ1v) is 8.54. The zero-order valence-corrected chi connectivity index (χ0v) is 14.9. The Morgan fingerprint density at radius 1 is 1.11 bits per heavy atom. The molecule has 6 heteroatoms. The average molecular weight is 365 g/mol. The molecule has 2 N–H and O–H groups in total. The summed E-state index contributed by atoms with van der Waals surface area (Å²) < 4.78 is 18.8. The zero-order chi connectivity index (χ0) is 19.1. The second-order valence-electron chi connectivity index (χ2n) is 5.88. The van der Waals surface area contributed by atoms with Gasteiger partial charge < -0.3 is 15.4 Å². The maximum atomic E-state index is 13.6. The molecule has 0 fully saturated rings. The van der Waals surface area contributed by atoms with Crippen LogP contribution in [0.3, 0.4) is 0 Å². The number of amides is 1. The summed E-state index contributed by atoms with van der Waals surface area (Å²) in [6.07, 6.45) is 1.99. The lowest BCUT2D eigenvalue weighted by atomic mass is 10.1. The minimum Gasteiger partial charge on any atom is -0.497 e. The molecule has 1 aromatic heterocycles. The van der Waals surface area contributed by atoms with Crippen molar-refractivity contribution in [3.05, 3.63) is 83.8 Å². The Labute approximate surface area is 157 Å². The molecule has 0 saturated heterocycles. The number of nitrogens with zero attached hydrogens (tertiary/aromatic N) is 1. The van der Waals surface area contributed by atoms with Gasteiger partial charge in [0.1, 0.15) is 17.4 Å². The highest BCUT2D eigenvalue weighted by atomic mass is 19.1. The molecular formula is C21H20FN3O2. The monoisotopic (exact) mass is 365 g/mol. The van der Waals surface area contributed by atoms with Crippen molar-refractivity contribution in [2.24, 2.45) is 0 Å². The topological polar surface area (TPSA) is 63.2 Å². The van der Waals surface area contributed by atoms with Crippen LogP contribution in [0, 0.1) is 5.82 Å². The van der Waals surface area contributed by atoms with E-state index < -0.39 is 0 Å². The van der Waals surface area contributed by atoms with Crippen LogP contribution in [0.25, 0.3) is 0 Å². The minimum atomic E-state index is -0.263. The first kappa shape index (κ1) is 18.4. The van der Waals surface area contributed by atoms with Crippen molar-refractivity contribution in [3.63, 3.8) is 0 Å². The normalized spacial score (nSPS) is 10.3. The van der Waals surface area contributed by atoms with Crippen LogP contribution in [-0.4, -0.2) is 24.5 Å². The summed E-state index contributed by atoms with van der Waals surface area (Å²) in [6, 6.07) is 17.3. The predicted octanol–water partition coefficient (Wildman–Crippen LogP) is 3.95. The molecule has 1 heterocycles. The largest absolute Gasteiger partial charge is 0.497 e. The molecule has 138 valence electrons. The van der Waals surface area contributed by atoms with Gasteiger partial charge in [0.2, 0.25) is 0 Å². The number of aromatic nitrogens is 1. The van der Waals surface area contributed by atoms with Gasteiger partial charge in [-0.3, -0.25) is 4.79 Å². The van der Waals surface area contributed by atoms with Crippen molar-refractivity contribution >= 4 is 17.4 Å². The molecule has 0 aliphatic rings. The van der Waals surface area contributed by atoms with E-state index in [0.717, 1.165) is 11.4 Å². The van der Waals surface area contributed by atoms with Crippen molar-refractivity contribution in [1.82, 2.24) is 10.3 Å². The van der Waals surface area contributed by atoms with Crippen LogP contribution < -0.4 is 15.4 Å². The molecule has 3 aromatic rings. The van der Waals surface area contributed by atoms with Crippen molar-refractivity contribution in [3.8, 4) is 5.75 Å². The van der Waals surface area contributed by atoms with Crippen LogP contribution in [0.15, 0.2) is 66.9 Å². The van der Waals surface area contributed by atoms with E-state index >= 15 is 0 Å². The quantitative estimate of drug-likeness (QED) is 0.666. The Kier molecular flexibility index (Phi) is 5.99. The number of anilines is 2. The number of carbonyl (C=O) groups excluding carboxylic acids is 1. The highest BCUT2D eigenvalue weighted by Gasteiger charge is 2.08. The van der Waals surface area contributed by atoms with Gasteiger partial charge in [0.05, 0.1) is 7.11 Å². The molecular weight excluding hydrogens is 345 g/mol. The number of halogens is 1. The third-order valence-corrected chi connectivity index (χ3v) is 4.00. The fraction of sp³-hybridized carbons (Fsp3) is 0.143. The Balaban J connectivity index is 1.60. The molecule has 0 radical (unpaired) electrons. The fourth-order valence-corrected chi connectivity index (χ4v) is 2.60. The molecule has 5 nitrogen and oxygen atoms in total. The highest BCUT2D eigenvalue weighted by Crippen LogP contribution is 2.20. The number of pyridine rings is 1. The second kappa shape index (κ2) is 8.80. The average Bonchev–Trinajstić information content (AvgIpc) is 2.69. The summed E-state index contributed by atoms with van der Waals surface area (Å²) in [6.45, 7) is 0.348. The van der Waals surface area contributed by atoms with Gasteiger partial charge in [0, 0.05) is 30.1 Å². The maximum Gasteiger partial charge on any atom is 0.251 e. The van der Waals surface area contributed by atoms with Gasteiger partial charge in [-0.05, 0) is 42.3 Å². The molecule has 0 atom stereocenters. The van der Waals surface area contributed by atoms with E-state index in [0.29, 0.717) is 29.9 Å². The summed E-state index contributed by atoms with van der Waals surface area (Å²) in [5.74, 6) is 0.773. The van der Waals surface area contributed by atoms with Gasteiger partial charge in [-0.2, -0.15) is 0 Å². The van der Waals surface area contributed by atoms with Crippen molar-refractivity contribution < 1.29 is 13.9 Å². The Hall–Kier alpha value is -3.41. The van der Waals surface area contributed by atoms with E-state index in [4.69, 9.17) is 4.74 Å². The summed E-state index contributed by atoms with van der Waals surface area (Å²) in [5.41, 5.74) is 1.86. The van der Waals surface area contributed by atoms with Gasteiger partial charge in [-0.15, -0.1) is 0 Å². The molecule has 0 saturated carbocycles. The van der Waals surface area contributed by atoms with Gasteiger partial charge in [-0.25, -0.2) is 9.37 Å². The SMILES string of the molecule is COc1cccc(Nc2cc(C(=O)NCCc3ccccc3F)ccn2)c1. The third kappa shape index (κ3) is 5.04. The van der Waals surface area contributed by atoms with Crippen LogP contribution in [-0.2, 0) is 6.42 Å². The zero-order valence-electron chi connectivity index (χ0n) is 14.9. The van der Waals surface area contributed by atoms with Crippen molar-refractivity contribution in [1.29, 1.82) is 0 Å². The highest BCUT2D eigenvalue weighted by molar-refractivity contribution is 5.94. The van der Waals surface area contributed by atoms with E-state index in [-0.39, 0.29) is 11.7 Å². The molecule has 1 amide bonds. The van der Waals surface area contributed by atoms with E-state index in [1.54, 1.807) is 43.6 Å². The smallest absolute Gasteiger partial charge is 0.251 e. The van der Waals surface area contributed by atoms with Crippen LogP contribution in [0.4, 0.5) is 15.9 Å². The standard InChI is InChI=1S/C21H20FN3O2/c1-27-18-7-4-6-17(14-18)25-20-13-16(10-11-23-20)21(26)24-12-9-15-5-2-3-8-19(15)22/h2-8,10-11,13-14H,9,12H2,1H3,(H,23,25)(H,24,26). The van der Waals surface area contributed by atoms with Crippen LogP contribution >= 0.6 is 0 Å². The summed E-state index contributed by atoms with van der Waals surface area (Å²) in [5, 5.41) is 5.95. The number of methoxy groups -OCH3 is 1. The molecule has 3 rings (SSSR count). The number of benzene rings is 2. The minimum absolute atomic E-state index is 0.234. The number of rotatable bonds is 7. The number of hydrogen-bond donors (Lipinski definition) is 2. The van der Waals surface area contributed by atoms with Crippen molar-refractivity contribution in [2.45, 2.75) is 6.42 Å². The van der Waals surface area contributed by atoms with Gasteiger partial charge in [0.15, 0.2) is 0 Å². The maximum absolute atomic E-state index is 13.6. The molecule has 0 bridgehead atoms. The fourth-order valence-electron chi connectivity index (χ4n) is 2.60. The molecule has 0 aliphatic heterocycles. The summed E-state index contributed by atoms with van der Waals surface area (Å²) in [4.78, 5) is 16.6. The van der Waals surface area contributed by atoms with E-state index in [1.807, 2.05) is 24.3 Å². The Morgan fingerprint density at radius 3 is 2.78 bits per heavy atom. The number of hydrogen-bond acceptors (Lipinski definition) is 4. The lowest BCUT2D eigenvalue weighted by Crippen LogP contribution is -2.26. The lowest BCUT2D eigenvalue weighted by Gasteiger charge is -2.09. The molecule has 0 aliphatic carbocycles. The molecule has 0 spiro atoms. The summed E-state index contributed by atoms with van der Waals surface area (Å²) in [7, 11) is 1.60. The van der Waals surface area contributed by atoms with Gasteiger partial charge in [0.25, 0.3) is 5.91 Å². The Bertz CT molecular complexity index is 931. The number of ether oxygens (including phenoxy) is 1. The Morgan fingerprint density at radius 2 is 1.96 bits per heavy atom. The van der Waals surface area contributed by atoms with Gasteiger partial charge >= 0.3 is 0 Å². The number of nitrogens with one attached hydrogen (secondary N) is 2. The third-order valence-electron chi connectivity index (χ3n) is 4.00. The van der Waals surface area contributed by atoms with E-state index in [9.17, 15) is 9.18 Å². The molecule has 0 unspecified atom stereocenters. The van der Waals surface area contributed by atoms with Crippen LogP contribution in [0.2, 0.25) is 0 Å². The van der Waals surface area contributed by atoms with Crippen molar-refractivity contribution in [2.75, 3.05) is 19.0 Å². The summed E-state index contributed by atoms with van der Waals surface area (Å²) >= 11 is 0.